The molecular weight excluding hydrogens is 346 g/mol. The van der Waals surface area contributed by atoms with E-state index in [2.05, 4.69) is 17.5 Å². The molecule has 0 saturated carbocycles. The number of hydrogen-bond donors (Lipinski definition) is 2. The standard InChI is InChI=1S/C21H37NO5/c1-3-26-20(24)14-8-6-5-7-13-18(21(25)27-4-2)22-16-15-19(23)17-11-9-10-12-17/h9-10,17-19,22-23H,3-8,11-16H2,1-2H3. The van der Waals surface area contributed by atoms with Crippen LogP contribution in [0.1, 0.15) is 71.6 Å². The smallest absolute Gasteiger partial charge is 0.323 e. The van der Waals surface area contributed by atoms with Gasteiger partial charge in [0.05, 0.1) is 19.3 Å². The van der Waals surface area contributed by atoms with E-state index in [0.29, 0.717) is 44.9 Å². The lowest BCUT2D eigenvalue weighted by molar-refractivity contribution is -0.146. The first-order valence-corrected chi connectivity index (χ1v) is 10.5. The van der Waals surface area contributed by atoms with Crippen molar-refractivity contribution in [3.05, 3.63) is 12.2 Å². The minimum Gasteiger partial charge on any atom is -0.466 e. The van der Waals surface area contributed by atoms with Gasteiger partial charge in [0.2, 0.25) is 0 Å². The van der Waals surface area contributed by atoms with Crippen LogP contribution in [-0.4, -0.2) is 48.9 Å². The van der Waals surface area contributed by atoms with Gasteiger partial charge in [0.15, 0.2) is 0 Å². The number of allylic oxidation sites excluding steroid dienone is 2. The van der Waals surface area contributed by atoms with Crippen molar-refractivity contribution in [2.45, 2.75) is 83.8 Å². The quantitative estimate of drug-likeness (QED) is 0.257. The summed E-state index contributed by atoms with van der Waals surface area (Å²) >= 11 is 0. The molecule has 0 amide bonds. The summed E-state index contributed by atoms with van der Waals surface area (Å²) in [4.78, 5) is 23.4. The van der Waals surface area contributed by atoms with Crippen LogP contribution in [0.25, 0.3) is 0 Å². The van der Waals surface area contributed by atoms with Gasteiger partial charge in [-0.3, -0.25) is 9.59 Å². The highest BCUT2D eigenvalue weighted by Crippen LogP contribution is 2.23. The molecule has 6 nitrogen and oxygen atoms in total. The SMILES string of the molecule is CCOC(=O)CCCCCCC(NCCC(O)C1CC=CC1)C(=O)OCC. The van der Waals surface area contributed by atoms with Crippen LogP contribution in [0.2, 0.25) is 0 Å². The van der Waals surface area contributed by atoms with E-state index in [1.54, 1.807) is 6.92 Å². The van der Waals surface area contributed by atoms with Crippen molar-refractivity contribution in [2.75, 3.05) is 19.8 Å². The lowest BCUT2D eigenvalue weighted by atomic mass is 9.97. The fraction of sp³-hybridized carbons (Fsp3) is 0.810. The summed E-state index contributed by atoms with van der Waals surface area (Å²) in [6.45, 7) is 5.01. The number of carbonyl (C=O) groups is 2. The number of rotatable bonds is 15. The molecule has 1 rings (SSSR count). The first-order chi connectivity index (χ1) is 13.1. The maximum absolute atomic E-state index is 12.1. The molecule has 1 aliphatic rings. The zero-order valence-corrected chi connectivity index (χ0v) is 17.0. The van der Waals surface area contributed by atoms with Gasteiger partial charge in [-0.2, -0.15) is 0 Å². The Morgan fingerprint density at radius 1 is 1.04 bits per heavy atom. The molecule has 0 aromatic carbocycles. The number of aliphatic hydroxyl groups is 1. The molecule has 6 heteroatoms. The molecule has 0 fully saturated rings. The van der Waals surface area contributed by atoms with E-state index in [1.165, 1.54) is 0 Å². The number of hydrogen-bond acceptors (Lipinski definition) is 6. The second-order valence-corrected chi connectivity index (χ2v) is 7.08. The summed E-state index contributed by atoms with van der Waals surface area (Å²) in [5, 5.41) is 13.5. The van der Waals surface area contributed by atoms with E-state index < -0.39 is 0 Å². The Kier molecular flexibility index (Phi) is 12.8. The number of ether oxygens (including phenoxy) is 2. The molecule has 2 atom stereocenters. The number of unbranched alkanes of at least 4 members (excludes halogenated alkanes) is 3. The minimum absolute atomic E-state index is 0.139. The lowest BCUT2D eigenvalue weighted by Crippen LogP contribution is -2.40. The van der Waals surface area contributed by atoms with Crippen LogP contribution >= 0.6 is 0 Å². The molecule has 1 aliphatic carbocycles. The second-order valence-electron chi connectivity index (χ2n) is 7.08. The summed E-state index contributed by atoms with van der Waals surface area (Å²) < 4.78 is 10.1. The highest BCUT2D eigenvalue weighted by molar-refractivity contribution is 5.75. The molecule has 2 N–H and O–H groups in total. The third kappa shape index (κ3) is 10.5. The Bertz CT molecular complexity index is 444. The highest BCUT2D eigenvalue weighted by Gasteiger charge is 2.22. The van der Waals surface area contributed by atoms with Crippen molar-refractivity contribution in [3.8, 4) is 0 Å². The number of aliphatic hydroxyl groups excluding tert-OH is 1. The van der Waals surface area contributed by atoms with Crippen LogP contribution in [-0.2, 0) is 19.1 Å². The van der Waals surface area contributed by atoms with E-state index >= 15 is 0 Å². The van der Waals surface area contributed by atoms with Gasteiger partial charge in [0.25, 0.3) is 0 Å². The van der Waals surface area contributed by atoms with Crippen LogP contribution in [0.3, 0.4) is 0 Å². The van der Waals surface area contributed by atoms with Crippen LogP contribution in [0, 0.1) is 5.92 Å². The predicted molar refractivity (Wildman–Crippen MR) is 105 cm³/mol. The monoisotopic (exact) mass is 383 g/mol. The van der Waals surface area contributed by atoms with Gasteiger partial charge in [-0.05, 0) is 58.4 Å². The zero-order chi connectivity index (χ0) is 19.9. The molecule has 0 aromatic rings. The Balaban J connectivity index is 2.22. The zero-order valence-electron chi connectivity index (χ0n) is 17.0. The van der Waals surface area contributed by atoms with E-state index in [-0.39, 0.29) is 24.1 Å². The van der Waals surface area contributed by atoms with Gasteiger partial charge in [0.1, 0.15) is 6.04 Å². The van der Waals surface area contributed by atoms with Gasteiger partial charge < -0.3 is 19.9 Å². The summed E-state index contributed by atoms with van der Waals surface area (Å²) in [5.41, 5.74) is 0. The van der Waals surface area contributed by atoms with Crippen LogP contribution in [0.5, 0.6) is 0 Å². The second kappa shape index (κ2) is 14.6. The van der Waals surface area contributed by atoms with Crippen LogP contribution in [0.4, 0.5) is 0 Å². The molecule has 0 radical (unpaired) electrons. The first-order valence-electron chi connectivity index (χ1n) is 10.5. The molecule has 156 valence electrons. The summed E-state index contributed by atoms with van der Waals surface area (Å²) in [6, 6.07) is -0.330. The molecule has 2 unspecified atom stereocenters. The predicted octanol–water partition coefficient (Wildman–Crippen LogP) is 3.13. The largest absolute Gasteiger partial charge is 0.466 e. The molecule has 0 bridgehead atoms. The molecule has 0 aliphatic heterocycles. The first kappa shape index (κ1) is 23.6. The maximum Gasteiger partial charge on any atom is 0.323 e. The Morgan fingerprint density at radius 3 is 2.37 bits per heavy atom. The van der Waals surface area contributed by atoms with Gasteiger partial charge in [-0.25, -0.2) is 0 Å². The third-order valence-corrected chi connectivity index (χ3v) is 4.92. The van der Waals surface area contributed by atoms with Crippen LogP contribution in [0.15, 0.2) is 12.2 Å². The summed E-state index contributed by atoms with van der Waals surface area (Å²) in [7, 11) is 0. The van der Waals surface area contributed by atoms with E-state index in [4.69, 9.17) is 9.47 Å². The Labute approximate surface area is 163 Å². The van der Waals surface area contributed by atoms with Crippen molar-refractivity contribution in [2.24, 2.45) is 5.92 Å². The molecule has 27 heavy (non-hydrogen) atoms. The van der Waals surface area contributed by atoms with Gasteiger partial charge in [-0.1, -0.05) is 31.4 Å². The van der Waals surface area contributed by atoms with Gasteiger partial charge in [0, 0.05) is 6.42 Å². The average Bonchev–Trinajstić information content (AvgIpc) is 3.18. The van der Waals surface area contributed by atoms with Crippen molar-refractivity contribution < 1.29 is 24.2 Å². The third-order valence-electron chi connectivity index (χ3n) is 4.92. The molecule has 0 aromatic heterocycles. The maximum atomic E-state index is 12.1. The molecule has 0 saturated heterocycles. The fourth-order valence-corrected chi connectivity index (χ4v) is 3.34. The normalized spacial score (nSPS) is 16.3. The number of carbonyl (C=O) groups excluding carboxylic acids is 2. The lowest BCUT2D eigenvalue weighted by Gasteiger charge is -2.21. The van der Waals surface area contributed by atoms with Crippen LogP contribution < -0.4 is 5.32 Å². The number of esters is 2. The van der Waals surface area contributed by atoms with Crippen molar-refractivity contribution in [1.82, 2.24) is 5.32 Å². The summed E-state index contributed by atoms with van der Waals surface area (Å²) in [5.74, 6) is -0.0483. The van der Waals surface area contributed by atoms with Crippen molar-refractivity contribution in [1.29, 1.82) is 0 Å². The highest BCUT2D eigenvalue weighted by atomic mass is 16.5. The number of nitrogens with one attached hydrogen (secondary N) is 1. The van der Waals surface area contributed by atoms with E-state index in [9.17, 15) is 14.7 Å². The van der Waals surface area contributed by atoms with E-state index in [1.807, 2.05) is 6.92 Å². The van der Waals surface area contributed by atoms with E-state index in [0.717, 1.165) is 38.5 Å². The van der Waals surface area contributed by atoms with Crippen molar-refractivity contribution in [3.63, 3.8) is 0 Å². The molecule has 0 spiro atoms. The Morgan fingerprint density at radius 2 is 1.70 bits per heavy atom. The minimum atomic E-state index is -0.335. The fourth-order valence-electron chi connectivity index (χ4n) is 3.34. The van der Waals surface area contributed by atoms with Crippen molar-refractivity contribution >= 4 is 11.9 Å². The molecule has 0 heterocycles. The van der Waals surface area contributed by atoms with Gasteiger partial charge in [-0.15, -0.1) is 0 Å². The molecular formula is C21H37NO5. The Hall–Kier alpha value is -1.40. The summed E-state index contributed by atoms with van der Waals surface area (Å²) in [6.07, 6.45) is 11.2. The topological polar surface area (TPSA) is 84.9 Å². The van der Waals surface area contributed by atoms with Gasteiger partial charge >= 0.3 is 11.9 Å². The average molecular weight is 384 g/mol.